The monoisotopic (exact) mass is 283 g/mol. The zero-order chi connectivity index (χ0) is 13.5. The van der Waals surface area contributed by atoms with Crippen molar-refractivity contribution in [2.24, 2.45) is 0 Å². The molecule has 2 heterocycles. The first kappa shape index (κ1) is 14.9. The van der Waals surface area contributed by atoms with E-state index in [1.54, 1.807) is 11.3 Å². The third-order valence-electron chi connectivity index (χ3n) is 3.53. The Hall–Kier alpha value is -0.520. The quantitative estimate of drug-likeness (QED) is 0.796. The van der Waals surface area contributed by atoms with Gasteiger partial charge in [-0.3, -0.25) is 0 Å². The lowest BCUT2D eigenvalue weighted by atomic mass is 10.1. The summed E-state index contributed by atoms with van der Waals surface area (Å²) in [5.74, 6) is 0. The highest BCUT2D eigenvalue weighted by Gasteiger charge is 2.18. The molecule has 1 fully saturated rings. The van der Waals surface area contributed by atoms with Gasteiger partial charge in [0.05, 0.1) is 12.1 Å². The van der Waals surface area contributed by atoms with Crippen LogP contribution < -0.4 is 5.32 Å². The maximum Gasteiger partial charge on any atom is 0.134 e. The van der Waals surface area contributed by atoms with Crippen molar-refractivity contribution in [1.82, 2.24) is 15.5 Å². The molecule has 1 aromatic heterocycles. The number of hydrogen-bond donors (Lipinski definition) is 1. The van der Waals surface area contributed by atoms with Crippen LogP contribution in [0.25, 0.3) is 0 Å². The molecular formula is C14H25N3OS. The smallest absolute Gasteiger partial charge is 0.134 e. The SMILES string of the molecule is CCCNC(CC)c1nnc(CCC2CCCO2)s1. The van der Waals surface area contributed by atoms with Gasteiger partial charge in [0, 0.05) is 13.0 Å². The number of ether oxygens (including phenoxy) is 1. The highest BCUT2D eigenvalue weighted by Crippen LogP contribution is 2.23. The second kappa shape index (κ2) is 7.92. The van der Waals surface area contributed by atoms with E-state index in [0.717, 1.165) is 48.9 Å². The molecule has 2 unspecified atom stereocenters. The Kier molecular flexibility index (Phi) is 6.20. The molecule has 1 N–H and O–H groups in total. The molecule has 1 saturated heterocycles. The van der Waals surface area contributed by atoms with Gasteiger partial charge in [-0.25, -0.2) is 0 Å². The van der Waals surface area contributed by atoms with E-state index in [0.29, 0.717) is 12.1 Å². The Balaban J connectivity index is 1.82. The van der Waals surface area contributed by atoms with Crippen LogP contribution in [0.1, 0.15) is 62.0 Å². The minimum Gasteiger partial charge on any atom is -0.378 e. The van der Waals surface area contributed by atoms with Crippen molar-refractivity contribution in [3.05, 3.63) is 10.0 Å². The first-order valence-electron chi connectivity index (χ1n) is 7.50. The summed E-state index contributed by atoms with van der Waals surface area (Å²) in [6.45, 7) is 6.36. The number of aryl methyl sites for hydroxylation is 1. The van der Waals surface area contributed by atoms with Crippen molar-refractivity contribution in [1.29, 1.82) is 0 Å². The van der Waals surface area contributed by atoms with Crippen LogP contribution in [-0.2, 0) is 11.2 Å². The average molecular weight is 283 g/mol. The van der Waals surface area contributed by atoms with E-state index >= 15 is 0 Å². The number of aromatic nitrogens is 2. The van der Waals surface area contributed by atoms with Gasteiger partial charge >= 0.3 is 0 Å². The van der Waals surface area contributed by atoms with Gasteiger partial charge in [-0.2, -0.15) is 0 Å². The number of hydrogen-bond acceptors (Lipinski definition) is 5. The van der Waals surface area contributed by atoms with Gasteiger partial charge in [-0.1, -0.05) is 25.2 Å². The Morgan fingerprint density at radius 3 is 3.00 bits per heavy atom. The first-order chi connectivity index (χ1) is 9.33. The summed E-state index contributed by atoms with van der Waals surface area (Å²) in [5, 5.41) is 14.5. The van der Waals surface area contributed by atoms with E-state index in [1.807, 2.05) is 0 Å². The zero-order valence-electron chi connectivity index (χ0n) is 12.0. The van der Waals surface area contributed by atoms with Gasteiger partial charge in [0.25, 0.3) is 0 Å². The molecule has 2 atom stereocenters. The molecule has 0 aliphatic carbocycles. The summed E-state index contributed by atoms with van der Waals surface area (Å²) in [7, 11) is 0. The molecule has 0 radical (unpaired) electrons. The molecule has 2 rings (SSSR count). The lowest BCUT2D eigenvalue weighted by Gasteiger charge is -2.12. The molecule has 0 spiro atoms. The molecule has 19 heavy (non-hydrogen) atoms. The Morgan fingerprint density at radius 1 is 1.42 bits per heavy atom. The second-order valence-corrected chi connectivity index (χ2v) is 6.22. The summed E-state index contributed by atoms with van der Waals surface area (Å²) in [6, 6.07) is 0.369. The molecule has 0 aromatic carbocycles. The molecule has 4 nitrogen and oxygen atoms in total. The average Bonchev–Trinajstić information content (AvgIpc) is 3.09. The summed E-state index contributed by atoms with van der Waals surface area (Å²) >= 11 is 1.76. The van der Waals surface area contributed by atoms with Crippen LogP contribution in [0, 0.1) is 0 Å². The lowest BCUT2D eigenvalue weighted by molar-refractivity contribution is 0.104. The lowest BCUT2D eigenvalue weighted by Crippen LogP contribution is -2.21. The fourth-order valence-electron chi connectivity index (χ4n) is 2.39. The third-order valence-corrected chi connectivity index (χ3v) is 4.63. The van der Waals surface area contributed by atoms with E-state index in [-0.39, 0.29) is 0 Å². The second-order valence-electron chi connectivity index (χ2n) is 5.12. The van der Waals surface area contributed by atoms with Crippen LogP contribution in [0.2, 0.25) is 0 Å². The van der Waals surface area contributed by atoms with E-state index < -0.39 is 0 Å². The van der Waals surface area contributed by atoms with Gasteiger partial charge in [0.15, 0.2) is 0 Å². The van der Waals surface area contributed by atoms with Crippen molar-refractivity contribution in [2.45, 2.75) is 64.5 Å². The van der Waals surface area contributed by atoms with Crippen molar-refractivity contribution in [2.75, 3.05) is 13.2 Å². The Bertz CT molecular complexity index is 363. The van der Waals surface area contributed by atoms with E-state index in [4.69, 9.17) is 4.74 Å². The normalized spacial score (nSPS) is 20.8. The molecule has 0 saturated carbocycles. The molecule has 1 aromatic rings. The van der Waals surface area contributed by atoms with Gasteiger partial charge in [-0.05, 0) is 38.6 Å². The van der Waals surface area contributed by atoms with Crippen LogP contribution in [0.5, 0.6) is 0 Å². The number of nitrogens with zero attached hydrogens (tertiary/aromatic N) is 2. The summed E-state index contributed by atoms with van der Waals surface area (Å²) in [6.07, 6.45) is 7.20. The number of rotatable bonds is 8. The minimum absolute atomic E-state index is 0.369. The molecule has 5 heteroatoms. The summed E-state index contributed by atoms with van der Waals surface area (Å²) in [5.41, 5.74) is 0. The summed E-state index contributed by atoms with van der Waals surface area (Å²) < 4.78 is 5.65. The Morgan fingerprint density at radius 2 is 2.32 bits per heavy atom. The van der Waals surface area contributed by atoms with E-state index in [9.17, 15) is 0 Å². The molecular weight excluding hydrogens is 258 g/mol. The largest absolute Gasteiger partial charge is 0.378 e. The van der Waals surface area contributed by atoms with Gasteiger partial charge in [0.2, 0.25) is 0 Å². The minimum atomic E-state index is 0.369. The van der Waals surface area contributed by atoms with Crippen molar-refractivity contribution >= 4 is 11.3 Å². The first-order valence-corrected chi connectivity index (χ1v) is 8.32. The fraction of sp³-hybridized carbons (Fsp3) is 0.857. The van der Waals surface area contributed by atoms with Crippen LogP contribution in [0.4, 0.5) is 0 Å². The highest BCUT2D eigenvalue weighted by atomic mass is 32.1. The van der Waals surface area contributed by atoms with Gasteiger partial charge in [-0.15, -0.1) is 10.2 Å². The number of nitrogens with one attached hydrogen (secondary N) is 1. The predicted octanol–water partition coefficient (Wildman–Crippen LogP) is 3.10. The molecule has 108 valence electrons. The van der Waals surface area contributed by atoms with Gasteiger partial charge in [0.1, 0.15) is 10.0 Å². The van der Waals surface area contributed by atoms with Crippen LogP contribution in [-0.4, -0.2) is 29.5 Å². The maximum absolute atomic E-state index is 5.65. The van der Waals surface area contributed by atoms with Crippen LogP contribution in [0.15, 0.2) is 0 Å². The third kappa shape index (κ3) is 4.51. The van der Waals surface area contributed by atoms with E-state index in [1.165, 1.54) is 12.8 Å². The van der Waals surface area contributed by atoms with Crippen molar-refractivity contribution in [3.8, 4) is 0 Å². The predicted molar refractivity (Wildman–Crippen MR) is 78.5 cm³/mol. The molecule has 1 aliphatic rings. The summed E-state index contributed by atoms with van der Waals surface area (Å²) in [4.78, 5) is 0. The zero-order valence-corrected chi connectivity index (χ0v) is 12.8. The topological polar surface area (TPSA) is 47.0 Å². The Labute approximate surface area is 120 Å². The standard InChI is InChI=1S/C14H25N3OS/c1-3-9-15-12(4-2)14-17-16-13(19-14)8-7-11-6-5-10-18-11/h11-12,15H,3-10H2,1-2H3. The highest BCUT2D eigenvalue weighted by molar-refractivity contribution is 7.11. The van der Waals surface area contributed by atoms with Crippen LogP contribution >= 0.6 is 11.3 Å². The molecule has 0 bridgehead atoms. The fourth-order valence-corrected chi connectivity index (χ4v) is 3.41. The van der Waals surface area contributed by atoms with Crippen molar-refractivity contribution in [3.63, 3.8) is 0 Å². The van der Waals surface area contributed by atoms with Crippen molar-refractivity contribution < 1.29 is 4.74 Å². The van der Waals surface area contributed by atoms with Crippen LogP contribution in [0.3, 0.4) is 0 Å². The van der Waals surface area contributed by atoms with Gasteiger partial charge < -0.3 is 10.1 Å². The molecule has 1 aliphatic heterocycles. The maximum atomic E-state index is 5.65. The van der Waals surface area contributed by atoms with E-state index in [2.05, 4.69) is 29.4 Å². The molecule has 0 amide bonds.